The lowest BCUT2D eigenvalue weighted by atomic mass is 9.65. The molecule has 2 saturated heterocycles. The van der Waals surface area contributed by atoms with Gasteiger partial charge in [-0.1, -0.05) is 40.5 Å². The lowest BCUT2D eigenvalue weighted by molar-refractivity contribution is -0.229. The average Bonchev–Trinajstić information content (AvgIpc) is 2.96. The van der Waals surface area contributed by atoms with Crippen molar-refractivity contribution in [3.8, 4) is 0 Å². The zero-order valence-corrected chi connectivity index (χ0v) is 16.6. The molecular weight excluding hydrogens is 298 g/mol. The van der Waals surface area contributed by atoms with Gasteiger partial charge in [-0.25, -0.2) is 0 Å². The Kier molecular flexibility index (Phi) is 5.64. The monoisotopic (exact) mass is 337 g/mol. The molecule has 140 valence electrons. The Balaban J connectivity index is 1.56. The highest BCUT2D eigenvalue weighted by molar-refractivity contribution is 4.94. The molecule has 24 heavy (non-hydrogen) atoms. The smallest absolute Gasteiger partial charge is 0.171 e. The number of piperidine rings is 1. The fourth-order valence-electron chi connectivity index (χ4n) is 5.10. The van der Waals surface area contributed by atoms with Crippen LogP contribution in [0, 0.1) is 17.3 Å². The SMILES string of the molecule is CCC(C)(C)C1CCC2(OCC(CN3CCCCC3C)O2)C(C)C1. The third-order valence-electron chi connectivity index (χ3n) is 7.50. The van der Waals surface area contributed by atoms with Gasteiger partial charge < -0.3 is 9.47 Å². The van der Waals surface area contributed by atoms with E-state index in [0.29, 0.717) is 17.4 Å². The van der Waals surface area contributed by atoms with Crippen molar-refractivity contribution in [2.45, 2.75) is 97.5 Å². The molecule has 2 heterocycles. The van der Waals surface area contributed by atoms with Crippen LogP contribution in [0.25, 0.3) is 0 Å². The first-order valence-corrected chi connectivity index (χ1v) is 10.4. The Labute approximate surface area is 149 Å². The van der Waals surface area contributed by atoms with Crippen LogP contribution in [0.5, 0.6) is 0 Å². The van der Waals surface area contributed by atoms with E-state index in [1.807, 2.05) is 0 Å². The van der Waals surface area contributed by atoms with E-state index in [2.05, 4.69) is 39.5 Å². The minimum absolute atomic E-state index is 0.267. The van der Waals surface area contributed by atoms with Gasteiger partial charge in [0.1, 0.15) is 0 Å². The summed E-state index contributed by atoms with van der Waals surface area (Å²) in [6.07, 6.45) is 9.16. The molecule has 3 nitrogen and oxygen atoms in total. The third-order valence-corrected chi connectivity index (χ3v) is 7.50. The molecule has 3 fully saturated rings. The normalized spacial score (nSPS) is 41.9. The van der Waals surface area contributed by atoms with Crippen molar-refractivity contribution in [2.24, 2.45) is 17.3 Å². The van der Waals surface area contributed by atoms with Crippen molar-refractivity contribution < 1.29 is 9.47 Å². The minimum atomic E-state index is -0.288. The van der Waals surface area contributed by atoms with Gasteiger partial charge in [-0.3, -0.25) is 4.90 Å². The van der Waals surface area contributed by atoms with Crippen LogP contribution < -0.4 is 0 Å². The summed E-state index contributed by atoms with van der Waals surface area (Å²) in [4.78, 5) is 2.62. The number of nitrogens with zero attached hydrogens (tertiary/aromatic N) is 1. The second-order valence-corrected chi connectivity index (χ2v) is 9.42. The van der Waals surface area contributed by atoms with E-state index in [9.17, 15) is 0 Å². The van der Waals surface area contributed by atoms with Gasteiger partial charge in [-0.15, -0.1) is 0 Å². The topological polar surface area (TPSA) is 21.7 Å². The Morgan fingerprint density at radius 1 is 1.17 bits per heavy atom. The number of rotatable bonds is 4. The maximum Gasteiger partial charge on any atom is 0.171 e. The van der Waals surface area contributed by atoms with Crippen LogP contribution in [-0.4, -0.2) is 42.5 Å². The van der Waals surface area contributed by atoms with E-state index in [1.165, 1.54) is 45.1 Å². The fourth-order valence-corrected chi connectivity index (χ4v) is 5.10. The molecule has 0 bridgehead atoms. The number of hydrogen-bond acceptors (Lipinski definition) is 3. The molecule has 0 radical (unpaired) electrons. The van der Waals surface area contributed by atoms with Crippen molar-refractivity contribution in [1.82, 2.24) is 4.90 Å². The van der Waals surface area contributed by atoms with Crippen molar-refractivity contribution in [2.75, 3.05) is 19.7 Å². The van der Waals surface area contributed by atoms with Crippen molar-refractivity contribution in [3.63, 3.8) is 0 Å². The summed E-state index contributed by atoms with van der Waals surface area (Å²) in [6.45, 7) is 15.0. The standard InChI is InChI=1S/C21H39NO2/c1-6-20(4,5)18-10-11-21(16(2)13-18)23-15-19(24-21)14-22-12-8-7-9-17(22)3/h16-19H,6-15H2,1-5H3. The molecule has 1 aliphatic carbocycles. The molecule has 0 aromatic carbocycles. The van der Waals surface area contributed by atoms with E-state index < -0.39 is 0 Å². The first-order chi connectivity index (χ1) is 11.4. The molecule has 0 aromatic heterocycles. The van der Waals surface area contributed by atoms with Crippen LogP contribution in [0.3, 0.4) is 0 Å². The summed E-state index contributed by atoms with van der Waals surface area (Å²) in [5.41, 5.74) is 0.442. The van der Waals surface area contributed by atoms with Crippen LogP contribution in [0.15, 0.2) is 0 Å². The predicted octanol–water partition coefficient (Wildman–Crippen LogP) is 4.84. The molecule has 3 aliphatic rings. The third kappa shape index (κ3) is 3.68. The number of likely N-dealkylation sites (tertiary alicyclic amines) is 1. The van der Waals surface area contributed by atoms with Crippen molar-refractivity contribution in [1.29, 1.82) is 0 Å². The maximum absolute atomic E-state index is 6.58. The van der Waals surface area contributed by atoms with Crippen molar-refractivity contribution >= 4 is 0 Å². The maximum atomic E-state index is 6.58. The Morgan fingerprint density at radius 3 is 2.62 bits per heavy atom. The second kappa shape index (κ2) is 7.25. The van der Waals surface area contributed by atoms with Gasteiger partial charge in [0.2, 0.25) is 0 Å². The zero-order valence-electron chi connectivity index (χ0n) is 16.6. The van der Waals surface area contributed by atoms with Gasteiger partial charge in [-0.2, -0.15) is 0 Å². The van der Waals surface area contributed by atoms with Gasteiger partial charge >= 0.3 is 0 Å². The first kappa shape index (κ1) is 18.7. The molecular formula is C21H39NO2. The van der Waals surface area contributed by atoms with Crippen molar-refractivity contribution in [3.05, 3.63) is 0 Å². The Morgan fingerprint density at radius 2 is 1.96 bits per heavy atom. The Bertz CT molecular complexity index is 424. The second-order valence-electron chi connectivity index (χ2n) is 9.42. The molecule has 3 heteroatoms. The van der Waals surface area contributed by atoms with E-state index in [0.717, 1.165) is 25.5 Å². The van der Waals surface area contributed by atoms with Gasteiger partial charge in [-0.05, 0) is 50.5 Å². The highest BCUT2D eigenvalue weighted by Crippen LogP contribution is 2.49. The molecule has 3 rings (SSSR count). The van der Waals surface area contributed by atoms with Gasteiger partial charge in [0.05, 0.1) is 12.7 Å². The summed E-state index contributed by atoms with van der Waals surface area (Å²) >= 11 is 0. The average molecular weight is 338 g/mol. The fraction of sp³-hybridized carbons (Fsp3) is 1.00. The van der Waals surface area contributed by atoms with Gasteiger partial charge in [0, 0.05) is 24.9 Å². The molecule has 0 aromatic rings. The lowest BCUT2D eigenvalue weighted by Gasteiger charge is -2.46. The molecule has 2 aliphatic heterocycles. The van der Waals surface area contributed by atoms with E-state index in [-0.39, 0.29) is 11.9 Å². The van der Waals surface area contributed by atoms with Crippen LogP contribution in [0.1, 0.15) is 79.6 Å². The minimum Gasteiger partial charge on any atom is -0.347 e. The van der Waals surface area contributed by atoms with Gasteiger partial charge in [0.25, 0.3) is 0 Å². The van der Waals surface area contributed by atoms with Crippen LogP contribution in [0.2, 0.25) is 0 Å². The van der Waals surface area contributed by atoms with E-state index >= 15 is 0 Å². The van der Waals surface area contributed by atoms with Crippen LogP contribution in [-0.2, 0) is 9.47 Å². The zero-order chi connectivity index (χ0) is 17.4. The Hall–Kier alpha value is -0.120. The summed E-state index contributed by atoms with van der Waals surface area (Å²) < 4.78 is 12.9. The van der Waals surface area contributed by atoms with E-state index in [1.54, 1.807) is 0 Å². The molecule has 0 amide bonds. The highest BCUT2D eigenvalue weighted by atomic mass is 16.7. The molecule has 5 atom stereocenters. The lowest BCUT2D eigenvalue weighted by Crippen LogP contribution is -2.47. The van der Waals surface area contributed by atoms with E-state index in [4.69, 9.17) is 9.47 Å². The number of hydrogen-bond donors (Lipinski definition) is 0. The molecule has 0 N–H and O–H groups in total. The summed E-state index contributed by atoms with van der Waals surface area (Å²) in [5, 5.41) is 0. The quantitative estimate of drug-likeness (QED) is 0.732. The summed E-state index contributed by atoms with van der Waals surface area (Å²) in [6, 6.07) is 0.706. The van der Waals surface area contributed by atoms with Gasteiger partial charge in [0.15, 0.2) is 5.79 Å². The first-order valence-electron chi connectivity index (χ1n) is 10.4. The molecule has 5 unspecified atom stereocenters. The van der Waals surface area contributed by atoms with Crippen LogP contribution in [0.4, 0.5) is 0 Å². The highest BCUT2D eigenvalue weighted by Gasteiger charge is 2.51. The number of ether oxygens (including phenoxy) is 2. The summed E-state index contributed by atoms with van der Waals surface area (Å²) in [7, 11) is 0. The largest absolute Gasteiger partial charge is 0.347 e. The summed E-state index contributed by atoms with van der Waals surface area (Å²) in [5.74, 6) is 1.02. The molecule has 1 spiro atoms. The predicted molar refractivity (Wildman–Crippen MR) is 99.0 cm³/mol. The molecule has 1 saturated carbocycles. The van der Waals surface area contributed by atoms with Crippen LogP contribution >= 0.6 is 0 Å².